The molecule has 18 nitrogen and oxygen atoms in total. The molecule has 0 spiro atoms. The molecule has 0 atom stereocenters. The molecule has 6 aromatic heterocycles. The maximum absolute atomic E-state index is 12.0. The molecule has 2 saturated heterocycles. The van der Waals surface area contributed by atoms with Crippen LogP contribution in [0.3, 0.4) is 0 Å². The van der Waals surface area contributed by atoms with Gasteiger partial charge in [0.2, 0.25) is 0 Å². The lowest BCUT2D eigenvalue weighted by atomic mass is 9.80. The van der Waals surface area contributed by atoms with E-state index in [2.05, 4.69) is 73.8 Å². The zero-order valence-corrected chi connectivity index (χ0v) is 48.4. The van der Waals surface area contributed by atoms with Crippen molar-refractivity contribution in [1.29, 1.82) is 0 Å². The van der Waals surface area contributed by atoms with E-state index in [-0.39, 0.29) is 43.4 Å². The van der Waals surface area contributed by atoms with Gasteiger partial charge in [0, 0.05) is 66.0 Å². The first-order chi connectivity index (χ1) is 34.9. The molecule has 0 radical (unpaired) electrons. The number of carbonyl (C=O) groups excluding carboxylic acids is 1. The van der Waals surface area contributed by atoms with Gasteiger partial charge in [-0.3, -0.25) is 0 Å². The van der Waals surface area contributed by atoms with Gasteiger partial charge in [-0.05, 0) is 82.0 Å². The van der Waals surface area contributed by atoms with Crippen LogP contribution in [0.1, 0.15) is 60.3 Å². The van der Waals surface area contributed by atoms with Crippen LogP contribution in [0.5, 0.6) is 0 Å². The van der Waals surface area contributed by atoms with E-state index in [0.29, 0.717) is 64.7 Å². The van der Waals surface area contributed by atoms with Gasteiger partial charge in [0.05, 0.1) is 33.7 Å². The molecule has 2 fully saturated rings. The summed E-state index contributed by atoms with van der Waals surface area (Å²) in [5.74, 6) is 2.47. The van der Waals surface area contributed by atoms with E-state index < -0.39 is 5.60 Å². The van der Waals surface area contributed by atoms with E-state index in [1.165, 1.54) is 41.5 Å². The number of halogens is 7. The van der Waals surface area contributed by atoms with E-state index in [0.717, 1.165) is 68.4 Å². The van der Waals surface area contributed by atoms with Crippen molar-refractivity contribution in [2.24, 2.45) is 16.6 Å². The minimum absolute atomic E-state index is 0.0144. The zero-order chi connectivity index (χ0) is 54.0. The van der Waals surface area contributed by atoms with Crippen LogP contribution in [0.25, 0.3) is 0 Å². The van der Waals surface area contributed by atoms with Crippen molar-refractivity contribution in [2.45, 2.75) is 95.7 Å². The zero-order valence-electron chi connectivity index (χ0n) is 40.7. The fourth-order valence-electron chi connectivity index (χ4n) is 6.96. The molecule has 0 saturated carbocycles. The number of nitrogen functional groups attached to an aromatic ring is 3. The first kappa shape index (κ1) is 59.2. The van der Waals surface area contributed by atoms with E-state index in [1.54, 1.807) is 49.2 Å². The minimum Gasteiger partial charge on any atom is -0.444 e. The third kappa shape index (κ3) is 16.7. The maximum Gasteiger partial charge on any atom is 0.407 e. The number of hydrogen-bond donors (Lipinski definition) is 5. The topological polar surface area (TPSA) is 265 Å². The average Bonchev–Trinajstić information content (AvgIpc) is 3.35. The SMILES string of the molecule is CC1(CN)CCN(c2cnc(Sc3ccnc(Cl)c3Cl)c(N)n2)CC1.CC1(CNC(=O)OC(C)(C)C)CCN(c2cnc(Sc3ccnc(Cl)c3Cl)c(N)n2)CC1.Nc1nc(Cl)cnc1Sc1ccnc(Cl)c1Cl. The van der Waals surface area contributed by atoms with Gasteiger partial charge in [0.25, 0.3) is 0 Å². The summed E-state index contributed by atoms with van der Waals surface area (Å²) >= 11 is 45.6. The van der Waals surface area contributed by atoms with Crippen LogP contribution < -0.4 is 38.1 Å². The van der Waals surface area contributed by atoms with Gasteiger partial charge in [-0.1, -0.05) is 130 Å². The normalized spacial score (nSPS) is 15.0. The summed E-state index contributed by atoms with van der Waals surface area (Å²) < 4.78 is 5.33. The van der Waals surface area contributed by atoms with Crippen molar-refractivity contribution < 1.29 is 9.53 Å². The van der Waals surface area contributed by atoms with Crippen LogP contribution in [0.4, 0.5) is 33.9 Å². The second-order valence-corrected chi connectivity index (χ2v) is 24.1. The number of nitrogens with two attached hydrogens (primary N) is 4. The molecule has 1 amide bonds. The van der Waals surface area contributed by atoms with Gasteiger partial charge >= 0.3 is 6.09 Å². The number of ether oxygens (including phenoxy) is 1. The Morgan fingerprint density at radius 1 is 0.608 bits per heavy atom. The lowest BCUT2D eigenvalue weighted by Gasteiger charge is -2.40. The molecule has 28 heteroatoms. The molecule has 0 bridgehead atoms. The summed E-state index contributed by atoms with van der Waals surface area (Å²) in [5, 5.41) is 6.63. The number of nitrogens with zero attached hydrogens (tertiary/aromatic N) is 11. The van der Waals surface area contributed by atoms with Gasteiger partial charge < -0.3 is 42.8 Å². The molecule has 2 aliphatic rings. The number of pyridine rings is 3. The maximum atomic E-state index is 12.0. The average molecular weight is 1210 g/mol. The van der Waals surface area contributed by atoms with Crippen LogP contribution in [0.2, 0.25) is 35.7 Å². The number of alkyl carbamates (subject to hydrolysis) is 1. The number of carbonyl (C=O) groups is 1. The van der Waals surface area contributed by atoms with Crippen LogP contribution in [0, 0.1) is 10.8 Å². The highest BCUT2D eigenvalue weighted by Crippen LogP contribution is 2.41. The fraction of sp³-hybridized carbons (Fsp3) is 0.391. The molecule has 0 aromatic carbocycles. The summed E-state index contributed by atoms with van der Waals surface area (Å²) in [6, 6.07) is 5.24. The van der Waals surface area contributed by atoms with Crippen molar-refractivity contribution >= 4 is 152 Å². The predicted molar refractivity (Wildman–Crippen MR) is 302 cm³/mol. The summed E-state index contributed by atoms with van der Waals surface area (Å²) in [4.78, 5) is 56.2. The standard InChI is InChI=1S/C21H28Cl2N6O2S.C16H20Cl2N6S.C9H5Cl3N4S/c1-20(2,3)31-19(30)27-12-21(4)6-9-29(10-7-21)14-11-26-18(17(24)28-14)32-13-5-8-25-16(23)15(13)22;1-16(9-19)3-6-24(7-4-16)11-8-22-15(14(20)23-11)25-10-2-5-21-13(18)12(10)17;10-5-3-15-9(8(13)16-5)17-4-1-2-14-7(12)6(4)11/h5,8,11H,6-7,9-10,12H2,1-4H3,(H2,24,28)(H,27,30);2,5,8H,3-4,6-7,9,19H2,1H3,(H2,20,23);1-3H,(H2,13,16). The lowest BCUT2D eigenvalue weighted by molar-refractivity contribution is 0.0495. The number of piperidine rings is 2. The summed E-state index contributed by atoms with van der Waals surface area (Å²) in [7, 11) is 0. The van der Waals surface area contributed by atoms with Gasteiger partial charge in [0.15, 0.2) is 17.5 Å². The Kier molecular flexibility index (Phi) is 21.1. The van der Waals surface area contributed by atoms with Crippen molar-refractivity contribution in [3.8, 4) is 0 Å². The summed E-state index contributed by atoms with van der Waals surface area (Å²) in [6.07, 6.45) is 13.1. The van der Waals surface area contributed by atoms with Gasteiger partial charge in [0.1, 0.15) is 52.9 Å². The number of aromatic nitrogens is 9. The van der Waals surface area contributed by atoms with E-state index in [1.807, 2.05) is 20.8 Å². The van der Waals surface area contributed by atoms with E-state index in [4.69, 9.17) is 109 Å². The number of rotatable bonds is 11. The second kappa shape index (κ2) is 26.4. The van der Waals surface area contributed by atoms with Crippen molar-refractivity contribution in [3.05, 3.63) is 91.1 Å². The van der Waals surface area contributed by atoms with Crippen LogP contribution in [0.15, 0.2) is 85.1 Å². The second-order valence-electron chi connectivity index (χ2n) is 18.4. The molecule has 396 valence electrons. The van der Waals surface area contributed by atoms with Gasteiger partial charge in [-0.15, -0.1) is 0 Å². The lowest BCUT2D eigenvalue weighted by Crippen LogP contribution is -2.46. The molecule has 9 N–H and O–H groups in total. The third-order valence-corrected chi connectivity index (χ3v) is 17.5. The molecule has 0 aliphatic carbocycles. The summed E-state index contributed by atoms with van der Waals surface area (Å²) in [5.41, 5.74) is 23.5. The van der Waals surface area contributed by atoms with Gasteiger partial charge in [-0.25, -0.2) is 49.7 Å². The highest BCUT2D eigenvalue weighted by Gasteiger charge is 2.33. The van der Waals surface area contributed by atoms with Crippen molar-refractivity contribution in [2.75, 3.05) is 66.3 Å². The molecule has 6 aromatic rings. The molecule has 74 heavy (non-hydrogen) atoms. The first-order valence-electron chi connectivity index (χ1n) is 22.6. The number of nitrogens with one attached hydrogen (secondary N) is 1. The highest BCUT2D eigenvalue weighted by atomic mass is 35.5. The fourth-order valence-corrected chi connectivity index (χ4v) is 10.8. The van der Waals surface area contributed by atoms with Crippen LogP contribution >= 0.6 is 116 Å². The Bertz CT molecular complexity index is 2910. The van der Waals surface area contributed by atoms with E-state index >= 15 is 0 Å². The largest absolute Gasteiger partial charge is 0.444 e. The molecular formula is C46H53Cl7N16O2S3. The Labute approximate surface area is 477 Å². The molecule has 8 heterocycles. The first-order valence-corrected chi connectivity index (χ1v) is 27.7. The number of hydrogen-bond acceptors (Lipinski definition) is 20. The van der Waals surface area contributed by atoms with Crippen molar-refractivity contribution in [1.82, 2.24) is 50.2 Å². The Morgan fingerprint density at radius 2 is 0.973 bits per heavy atom. The van der Waals surface area contributed by atoms with E-state index in [9.17, 15) is 4.79 Å². The molecule has 8 rings (SSSR count). The minimum atomic E-state index is -0.508. The molecule has 2 aliphatic heterocycles. The van der Waals surface area contributed by atoms with Crippen LogP contribution in [-0.4, -0.2) is 95.8 Å². The number of amides is 1. The van der Waals surface area contributed by atoms with Crippen molar-refractivity contribution in [3.63, 3.8) is 0 Å². The monoisotopic (exact) mass is 1200 g/mol. The highest BCUT2D eigenvalue weighted by molar-refractivity contribution is 8.00. The quantitative estimate of drug-likeness (QED) is 0.0755. The Morgan fingerprint density at radius 3 is 1.32 bits per heavy atom. The Balaban J connectivity index is 0.000000189. The molecule has 0 unspecified atom stereocenters. The Hall–Kier alpha value is -4.00. The van der Waals surface area contributed by atoms with Gasteiger partial charge in [-0.2, -0.15) is 0 Å². The smallest absolute Gasteiger partial charge is 0.407 e. The summed E-state index contributed by atoms with van der Waals surface area (Å²) in [6.45, 7) is 14.6. The van der Waals surface area contributed by atoms with Crippen LogP contribution in [-0.2, 0) is 4.74 Å². The number of anilines is 5. The third-order valence-electron chi connectivity index (χ3n) is 11.4. The predicted octanol–water partition coefficient (Wildman–Crippen LogP) is 12.1. The molecular weight excluding hydrogens is 1150 g/mol.